The van der Waals surface area contributed by atoms with Crippen LogP contribution in [0.25, 0.3) is 16.5 Å². The number of hydrogen-bond donors (Lipinski definition) is 4. The molecule has 2 aliphatic heterocycles. The van der Waals surface area contributed by atoms with Crippen molar-refractivity contribution < 1.29 is 24.0 Å². The summed E-state index contributed by atoms with van der Waals surface area (Å²) in [5.41, 5.74) is 17.3. The first-order valence-corrected chi connectivity index (χ1v) is 20.7. The van der Waals surface area contributed by atoms with Crippen LogP contribution in [-0.2, 0) is 32.0 Å². The van der Waals surface area contributed by atoms with Crippen LogP contribution < -0.4 is 22.1 Å². The lowest BCUT2D eigenvalue weighted by Crippen LogP contribution is -2.55. The molecule has 6 atom stereocenters. The van der Waals surface area contributed by atoms with Crippen molar-refractivity contribution in [3.05, 3.63) is 77.5 Å². The van der Waals surface area contributed by atoms with Crippen LogP contribution in [0.5, 0.6) is 0 Å². The highest BCUT2D eigenvalue weighted by molar-refractivity contribution is 5.94. The quantitative estimate of drug-likeness (QED) is 0.204. The number of carbonyl (C=O) groups is 5. The van der Waals surface area contributed by atoms with Crippen LogP contribution in [-0.4, -0.2) is 93.2 Å². The van der Waals surface area contributed by atoms with E-state index in [4.69, 9.17) is 11.5 Å². The summed E-state index contributed by atoms with van der Waals surface area (Å²) in [7, 11) is 0. The number of allylic oxidation sites excluding steroid dienone is 1. The third-order valence-corrected chi connectivity index (χ3v) is 11.6. The SMILES string of the molecule is CC(=O)n1cc(C[C@@H]2CCCN2C(=O)[C@@H](NC(=O)[C@H](C)N)C(C)C)c2ccccc21.CC(C)[C@H](NC(=O)[C@H](C)N)C(=O)N1CCC[C@H]1CC1=CCc2ccccc21. The number of nitrogens with two attached hydrogens (primary N) is 2. The summed E-state index contributed by atoms with van der Waals surface area (Å²) in [5.74, 6) is -0.679. The number of carbonyl (C=O) groups excluding carboxylic acids is 5. The fraction of sp³-hybridized carbons (Fsp3) is 0.533. The average molecular weight is 782 g/mol. The minimum Gasteiger partial charge on any atom is -0.343 e. The van der Waals surface area contributed by atoms with Gasteiger partial charge < -0.3 is 31.9 Å². The summed E-state index contributed by atoms with van der Waals surface area (Å²) < 4.78 is 1.67. The monoisotopic (exact) mass is 781 g/mol. The molecule has 2 saturated heterocycles. The largest absolute Gasteiger partial charge is 0.343 e. The fourth-order valence-corrected chi connectivity index (χ4v) is 8.36. The maximum absolute atomic E-state index is 13.3. The summed E-state index contributed by atoms with van der Waals surface area (Å²) >= 11 is 0. The van der Waals surface area contributed by atoms with Gasteiger partial charge in [0.25, 0.3) is 0 Å². The molecule has 6 rings (SSSR count). The number of para-hydroxylation sites is 1. The minimum atomic E-state index is -0.661. The van der Waals surface area contributed by atoms with Gasteiger partial charge in [-0.05, 0) is 99.0 Å². The molecule has 3 aromatic rings. The van der Waals surface area contributed by atoms with E-state index in [0.717, 1.165) is 61.5 Å². The Bertz CT molecular complexity index is 1960. The molecular weight excluding hydrogens is 719 g/mol. The Morgan fingerprint density at radius 1 is 0.719 bits per heavy atom. The number of benzene rings is 2. The summed E-state index contributed by atoms with van der Waals surface area (Å²) in [6.45, 7) is 14.0. The van der Waals surface area contributed by atoms with Crippen molar-refractivity contribution in [1.29, 1.82) is 0 Å². The Morgan fingerprint density at radius 2 is 1.23 bits per heavy atom. The zero-order valence-electron chi connectivity index (χ0n) is 34.8. The number of fused-ring (bicyclic) bond motifs is 2. The van der Waals surface area contributed by atoms with E-state index < -0.39 is 24.2 Å². The number of amides is 4. The second-order valence-corrected chi connectivity index (χ2v) is 16.8. The van der Waals surface area contributed by atoms with Gasteiger partial charge in [0, 0.05) is 43.7 Å². The second kappa shape index (κ2) is 19.1. The number of nitrogens with zero attached hydrogens (tertiary/aromatic N) is 3. The minimum absolute atomic E-state index is 0.0212. The van der Waals surface area contributed by atoms with E-state index in [0.29, 0.717) is 13.0 Å². The zero-order chi connectivity index (χ0) is 41.6. The Hall–Kier alpha value is -4.81. The Labute approximate surface area is 337 Å². The Morgan fingerprint density at radius 3 is 1.75 bits per heavy atom. The molecule has 1 aromatic heterocycles. The molecule has 308 valence electrons. The molecule has 0 bridgehead atoms. The van der Waals surface area contributed by atoms with Crippen LogP contribution in [0, 0.1) is 11.8 Å². The molecule has 2 fully saturated rings. The highest BCUT2D eigenvalue weighted by Crippen LogP contribution is 2.35. The first-order valence-electron chi connectivity index (χ1n) is 20.7. The molecule has 0 spiro atoms. The van der Waals surface area contributed by atoms with Crippen molar-refractivity contribution >= 4 is 46.0 Å². The summed E-state index contributed by atoms with van der Waals surface area (Å²) in [6, 6.07) is 14.2. The van der Waals surface area contributed by atoms with Gasteiger partial charge in [0.2, 0.25) is 29.5 Å². The van der Waals surface area contributed by atoms with E-state index in [1.807, 2.05) is 68.0 Å². The predicted octanol–water partition coefficient (Wildman–Crippen LogP) is 4.82. The molecule has 1 aliphatic carbocycles. The highest BCUT2D eigenvalue weighted by Gasteiger charge is 2.38. The normalized spacial score (nSPS) is 19.7. The molecule has 3 aliphatic rings. The van der Waals surface area contributed by atoms with Crippen LogP contribution in [0.15, 0.2) is 60.8 Å². The van der Waals surface area contributed by atoms with Gasteiger partial charge in [0.1, 0.15) is 12.1 Å². The van der Waals surface area contributed by atoms with Gasteiger partial charge >= 0.3 is 0 Å². The molecular formula is C45H63N7O5. The smallest absolute Gasteiger partial charge is 0.245 e. The van der Waals surface area contributed by atoms with E-state index >= 15 is 0 Å². The van der Waals surface area contributed by atoms with Crippen LogP contribution in [0.2, 0.25) is 0 Å². The predicted molar refractivity (Wildman–Crippen MR) is 225 cm³/mol. The van der Waals surface area contributed by atoms with Crippen molar-refractivity contribution in [2.75, 3.05) is 13.1 Å². The first kappa shape index (κ1) is 43.3. The molecule has 6 N–H and O–H groups in total. The summed E-state index contributed by atoms with van der Waals surface area (Å²) in [5, 5.41) is 6.71. The lowest BCUT2D eigenvalue weighted by Gasteiger charge is -2.32. The molecule has 57 heavy (non-hydrogen) atoms. The van der Waals surface area contributed by atoms with Gasteiger partial charge in [-0.2, -0.15) is 0 Å². The van der Waals surface area contributed by atoms with Crippen molar-refractivity contribution in [2.45, 2.75) is 130 Å². The number of hydrogen-bond acceptors (Lipinski definition) is 7. The molecule has 12 nitrogen and oxygen atoms in total. The third-order valence-electron chi connectivity index (χ3n) is 11.6. The fourth-order valence-electron chi connectivity index (χ4n) is 8.36. The van der Waals surface area contributed by atoms with Gasteiger partial charge in [-0.3, -0.25) is 28.5 Å². The summed E-state index contributed by atoms with van der Waals surface area (Å²) in [6.07, 6.45) is 10.6. The number of aromatic nitrogens is 1. The Kier molecular flexibility index (Phi) is 14.5. The van der Waals surface area contributed by atoms with Gasteiger partial charge in [-0.25, -0.2) is 0 Å². The third kappa shape index (κ3) is 10.2. The molecule has 0 saturated carbocycles. The van der Waals surface area contributed by atoms with E-state index in [1.165, 1.54) is 16.7 Å². The average Bonchev–Trinajstić information content (AvgIpc) is 3.99. The molecule has 4 amide bonds. The second-order valence-electron chi connectivity index (χ2n) is 16.8. The van der Waals surface area contributed by atoms with Crippen LogP contribution in [0.1, 0.15) is 102 Å². The highest BCUT2D eigenvalue weighted by atomic mass is 16.2. The van der Waals surface area contributed by atoms with Gasteiger partial charge in [-0.15, -0.1) is 0 Å². The van der Waals surface area contributed by atoms with Crippen LogP contribution >= 0.6 is 0 Å². The van der Waals surface area contributed by atoms with Crippen molar-refractivity contribution in [3.63, 3.8) is 0 Å². The van der Waals surface area contributed by atoms with E-state index in [1.54, 1.807) is 25.3 Å². The standard InChI is InChI=1S/C23H32N4O3.C22H31N3O2/c1-14(2)21(25-22(29)15(3)24)23(30)26-11-7-8-18(26)12-17-13-27(16(4)28)20-10-6-5-9-19(17)20;1-14(2)20(24-21(26)15(3)23)22(27)25-12-6-8-18(25)13-17-11-10-16-7-4-5-9-19(16)17/h5-6,9-10,13-15,18,21H,7-8,11-12,24H2,1-4H3,(H,25,29);4-5,7,9,11,14-15,18,20H,6,8,10,12-13,23H2,1-3H3,(H,24,26)/t15-,18-,21-;15-,18-,20-/m00/s1. The maximum Gasteiger partial charge on any atom is 0.245 e. The number of rotatable bonds is 12. The molecule has 12 heteroatoms. The van der Waals surface area contributed by atoms with Crippen LogP contribution in [0.3, 0.4) is 0 Å². The van der Waals surface area contributed by atoms with Gasteiger partial charge in [0.15, 0.2) is 0 Å². The lowest BCUT2D eigenvalue weighted by molar-refractivity contribution is -0.138. The van der Waals surface area contributed by atoms with Gasteiger partial charge in [-0.1, -0.05) is 76.2 Å². The topological polar surface area (TPSA) is 173 Å². The number of likely N-dealkylation sites (tertiary alicyclic amines) is 2. The Balaban J connectivity index is 0.000000219. The van der Waals surface area contributed by atoms with Crippen molar-refractivity contribution in [2.24, 2.45) is 23.3 Å². The molecule has 3 heterocycles. The molecule has 0 radical (unpaired) electrons. The van der Waals surface area contributed by atoms with E-state index in [-0.39, 0.29) is 53.5 Å². The number of nitrogens with one attached hydrogen (secondary N) is 2. The maximum atomic E-state index is 13.3. The van der Waals surface area contributed by atoms with Crippen molar-refractivity contribution in [3.8, 4) is 0 Å². The summed E-state index contributed by atoms with van der Waals surface area (Å²) in [4.78, 5) is 66.7. The van der Waals surface area contributed by atoms with E-state index in [2.05, 4.69) is 41.0 Å². The molecule has 0 unspecified atom stereocenters. The lowest BCUT2D eigenvalue weighted by atomic mass is 9.97. The van der Waals surface area contributed by atoms with Crippen LogP contribution in [0.4, 0.5) is 0 Å². The van der Waals surface area contributed by atoms with Crippen molar-refractivity contribution in [1.82, 2.24) is 25.0 Å². The van der Waals surface area contributed by atoms with Gasteiger partial charge in [0.05, 0.1) is 17.6 Å². The first-order chi connectivity index (χ1) is 27.1. The van der Waals surface area contributed by atoms with E-state index in [9.17, 15) is 24.0 Å². The molecule has 2 aromatic carbocycles. The zero-order valence-corrected chi connectivity index (χ0v) is 34.8.